The topological polar surface area (TPSA) is 84.1 Å². The number of nitrogens with one attached hydrogen (secondary N) is 1. The zero-order valence-corrected chi connectivity index (χ0v) is 11.6. The van der Waals surface area contributed by atoms with Crippen LogP contribution in [0.2, 0.25) is 0 Å². The van der Waals surface area contributed by atoms with E-state index >= 15 is 0 Å². The first kappa shape index (κ1) is 13.8. The van der Waals surface area contributed by atoms with Gasteiger partial charge in [-0.1, -0.05) is 6.42 Å². The van der Waals surface area contributed by atoms with Gasteiger partial charge in [0.1, 0.15) is 5.82 Å². The highest BCUT2D eigenvalue weighted by Crippen LogP contribution is 2.28. The minimum atomic E-state index is -0.687. The number of nitrogens with zero attached hydrogens (tertiary/aromatic N) is 2. The summed E-state index contributed by atoms with van der Waals surface area (Å²) in [4.78, 5) is 8.96. The maximum Gasteiger partial charge on any atom is 0.165 e. The molecule has 0 spiro atoms. The van der Waals surface area contributed by atoms with Gasteiger partial charge in [-0.3, -0.25) is 0 Å². The molecule has 0 radical (unpaired) electrons. The van der Waals surface area contributed by atoms with Crippen molar-refractivity contribution in [2.24, 2.45) is 5.84 Å². The molecule has 5 nitrogen and oxygen atoms in total. The molecule has 1 aromatic carbocycles. The Morgan fingerprint density at radius 1 is 1.14 bits per heavy atom. The Labute approximate surface area is 122 Å². The van der Waals surface area contributed by atoms with Crippen LogP contribution in [0.1, 0.15) is 30.5 Å². The van der Waals surface area contributed by atoms with E-state index in [1.165, 1.54) is 12.1 Å². The molecule has 1 aliphatic rings. The summed E-state index contributed by atoms with van der Waals surface area (Å²) in [6, 6.07) is 4.13. The van der Waals surface area contributed by atoms with Crippen LogP contribution in [-0.4, -0.2) is 15.1 Å². The summed E-state index contributed by atoms with van der Waals surface area (Å²) in [6.45, 7) is 0. The predicted octanol–water partition coefficient (Wildman–Crippen LogP) is 2.54. The van der Waals surface area contributed by atoms with Gasteiger partial charge in [-0.25, -0.2) is 20.2 Å². The normalized spacial score (nSPS) is 14.4. The SMILES string of the molecule is NNc1nc(-c2ccc(O)c(F)c2)nc2c1CCCCC2. The molecule has 4 N–H and O–H groups in total. The Hall–Kier alpha value is -2.21. The maximum absolute atomic E-state index is 13.5. The number of rotatable bonds is 2. The van der Waals surface area contributed by atoms with E-state index in [4.69, 9.17) is 5.84 Å². The standard InChI is InChI=1S/C15H17FN4O/c16-11-8-9(6-7-13(11)21)14-18-12-5-3-1-2-4-10(12)15(19-14)20-17/h6-8,21H,1-5,17H2,(H,18,19,20). The summed E-state index contributed by atoms with van der Waals surface area (Å²) in [5.74, 6) is 5.52. The maximum atomic E-state index is 13.5. The Kier molecular flexibility index (Phi) is 3.70. The minimum absolute atomic E-state index is 0.384. The molecule has 0 bridgehead atoms. The van der Waals surface area contributed by atoms with Crippen LogP contribution in [0.15, 0.2) is 18.2 Å². The lowest BCUT2D eigenvalue weighted by molar-refractivity contribution is 0.432. The highest BCUT2D eigenvalue weighted by Gasteiger charge is 2.17. The van der Waals surface area contributed by atoms with Gasteiger partial charge in [0.05, 0.1) is 0 Å². The molecule has 1 aromatic heterocycles. The van der Waals surface area contributed by atoms with E-state index in [-0.39, 0.29) is 5.75 Å². The summed E-state index contributed by atoms with van der Waals surface area (Å²) in [5, 5.41) is 9.27. The number of phenols is 1. The van der Waals surface area contributed by atoms with Crippen molar-refractivity contribution in [3.63, 3.8) is 0 Å². The van der Waals surface area contributed by atoms with Crippen molar-refractivity contribution in [2.75, 3.05) is 5.43 Å². The molecule has 3 rings (SSSR count). The number of hydrazine groups is 1. The van der Waals surface area contributed by atoms with E-state index in [1.807, 2.05) is 0 Å². The second-order valence-corrected chi connectivity index (χ2v) is 5.19. The molecule has 2 aromatic rings. The van der Waals surface area contributed by atoms with Crippen molar-refractivity contribution in [1.29, 1.82) is 0 Å². The summed E-state index contributed by atoms with van der Waals surface area (Å²) >= 11 is 0. The second kappa shape index (κ2) is 5.65. The Balaban J connectivity index is 2.10. The highest BCUT2D eigenvalue weighted by atomic mass is 19.1. The van der Waals surface area contributed by atoms with Gasteiger partial charge in [-0.2, -0.15) is 0 Å². The highest BCUT2D eigenvalue weighted by molar-refractivity contribution is 5.61. The number of nitrogen functional groups attached to an aromatic ring is 1. The van der Waals surface area contributed by atoms with Crippen molar-refractivity contribution < 1.29 is 9.50 Å². The van der Waals surface area contributed by atoms with Crippen LogP contribution in [0.4, 0.5) is 10.2 Å². The van der Waals surface area contributed by atoms with Gasteiger partial charge in [0.2, 0.25) is 0 Å². The lowest BCUT2D eigenvalue weighted by Gasteiger charge is -2.13. The molecule has 1 aliphatic carbocycles. The first-order valence-corrected chi connectivity index (χ1v) is 7.04. The van der Waals surface area contributed by atoms with Crippen LogP contribution in [-0.2, 0) is 12.8 Å². The third kappa shape index (κ3) is 2.67. The molecule has 110 valence electrons. The van der Waals surface area contributed by atoms with E-state index in [1.54, 1.807) is 6.07 Å². The molecule has 0 unspecified atom stereocenters. The Bertz CT molecular complexity index is 675. The van der Waals surface area contributed by atoms with Crippen LogP contribution in [0.3, 0.4) is 0 Å². The van der Waals surface area contributed by atoms with Gasteiger partial charge >= 0.3 is 0 Å². The fourth-order valence-electron chi connectivity index (χ4n) is 2.67. The fourth-order valence-corrected chi connectivity index (χ4v) is 2.67. The lowest BCUT2D eigenvalue weighted by Crippen LogP contribution is -2.14. The van der Waals surface area contributed by atoms with Crippen molar-refractivity contribution in [1.82, 2.24) is 9.97 Å². The van der Waals surface area contributed by atoms with E-state index in [0.717, 1.165) is 43.4 Å². The van der Waals surface area contributed by atoms with Crippen LogP contribution >= 0.6 is 0 Å². The van der Waals surface area contributed by atoms with Gasteiger partial charge in [0, 0.05) is 16.8 Å². The summed E-state index contributed by atoms with van der Waals surface area (Å²) < 4.78 is 13.5. The van der Waals surface area contributed by atoms with E-state index in [2.05, 4.69) is 15.4 Å². The summed E-state index contributed by atoms with van der Waals surface area (Å²) in [6.07, 6.45) is 5.11. The average Bonchev–Trinajstić information content (AvgIpc) is 2.74. The molecule has 0 amide bonds. The molecule has 21 heavy (non-hydrogen) atoms. The number of aryl methyl sites for hydroxylation is 1. The van der Waals surface area contributed by atoms with Crippen LogP contribution in [0, 0.1) is 5.82 Å². The van der Waals surface area contributed by atoms with Gasteiger partial charge in [-0.15, -0.1) is 0 Å². The van der Waals surface area contributed by atoms with Crippen molar-refractivity contribution in [2.45, 2.75) is 32.1 Å². The average molecular weight is 288 g/mol. The van der Waals surface area contributed by atoms with Crippen LogP contribution < -0.4 is 11.3 Å². The predicted molar refractivity (Wildman–Crippen MR) is 78.2 cm³/mol. The number of phenolic OH excluding ortho intramolecular Hbond substituents is 1. The van der Waals surface area contributed by atoms with E-state index in [0.29, 0.717) is 17.2 Å². The van der Waals surface area contributed by atoms with Gasteiger partial charge in [-0.05, 0) is 43.9 Å². The third-order valence-corrected chi connectivity index (χ3v) is 3.78. The molecular weight excluding hydrogens is 271 g/mol. The van der Waals surface area contributed by atoms with Gasteiger partial charge < -0.3 is 10.5 Å². The number of fused-ring (bicyclic) bond motifs is 1. The zero-order valence-electron chi connectivity index (χ0n) is 11.6. The molecule has 0 saturated heterocycles. The Morgan fingerprint density at radius 2 is 1.95 bits per heavy atom. The van der Waals surface area contributed by atoms with E-state index in [9.17, 15) is 9.50 Å². The Morgan fingerprint density at radius 3 is 2.71 bits per heavy atom. The molecule has 0 atom stereocenters. The van der Waals surface area contributed by atoms with E-state index < -0.39 is 5.82 Å². The summed E-state index contributed by atoms with van der Waals surface area (Å²) in [7, 11) is 0. The quantitative estimate of drug-likeness (QED) is 0.449. The zero-order chi connectivity index (χ0) is 14.8. The van der Waals surface area contributed by atoms with Crippen molar-refractivity contribution >= 4 is 5.82 Å². The first-order chi connectivity index (χ1) is 10.2. The molecule has 0 saturated carbocycles. The van der Waals surface area contributed by atoms with Crippen LogP contribution in [0.25, 0.3) is 11.4 Å². The largest absolute Gasteiger partial charge is 0.505 e. The monoisotopic (exact) mass is 288 g/mol. The number of nitrogens with two attached hydrogens (primary N) is 1. The molecule has 0 aliphatic heterocycles. The number of halogens is 1. The van der Waals surface area contributed by atoms with Crippen LogP contribution in [0.5, 0.6) is 5.75 Å². The third-order valence-electron chi connectivity index (χ3n) is 3.78. The number of hydrogen-bond donors (Lipinski definition) is 3. The number of hydrogen-bond acceptors (Lipinski definition) is 5. The molecule has 1 heterocycles. The first-order valence-electron chi connectivity index (χ1n) is 7.04. The van der Waals surface area contributed by atoms with Gasteiger partial charge in [0.15, 0.2) is 17.4 Å². The van der Waals surface area contributed by atoms with Gasteiger partial charge in [0.25, 0.3) is 0 Å². The molecule has 0 fully saturated rings. The molecule has 6 heteroatoms. The fraction of sp³-hybridized carbons (Fsp3) is 0.333. The summed E-state index contributed by atoms with van der Waals surface area (Å²) in [5.41, 5.74) is 5.17. The number of anilines is 1. The number of aromatic hydroxyl groups is 1. The smallest absolute Gasteiger partial charge is 0.165 e. The number of benzene rings is 1. The minimum Gasteiger partial charge on any atom is -0.505 e. The van der Waals surface area contributed by atoms with Crippen molar-refractivity contribution in [3.05, 3.63) is 35.3 Å². The van der Waals surface area contributed by atoms with Crippen molar-refractivity contribution in [3.8, 4) is 17.1 Å². The lowest BCUT2D eigenvalue weighted by atomic mass is 10.1. The second-order valence-electron chi connectivity index (χ2n) is 5.19. The molecular formula is C15H17FN4O. The number of aromatic nitrogens is 2.